The Morgan fingerprint density at radius 2 is 1.86 bits per heavy atom. The molecule has 0 aliphatic rings. The number of nitrogens with one attached hydrogen (secondary N) is 2. The lowest BCUT2D eigenvalue weighted by Crippen LogP contribution is -2.16. The van der Waals surface area contributed by atoms with Crippen molar-refractivity contribution >= 4 is 17.4 Å². The summed E-state index contributed by atoms with van der Waals surface area (Å²) in [4.78, 5) is 1.33. The van der Waals surface area contributed by atoms with Crippen LogP contribution in [0.2, 0.25) is 0 Å². The molecule has 2 N–H and O–H groups in total. The van der Waals surface area contributed by atoms with E-state index in [1.54, 1.807) is 0 Å². The lowest BCUT2D eigenvalue weighted by molar-refractivity contribution is 0.874. The van der Waals surface area contributed by atoms with Crippen molar-refractivity contribution in [2.45, 2.75) is 24.0 Å². The maximum Gasteiger partial charge on any atom is 0.0650 e. The first-order valence-electron chi connectivity index (χ1n) is 4.87. The van der Waals surface area contributed by atoms with Crippen molar-refractivity contribution in [2.75, 3.05) is 19.0 Å². The highest BCUT2D eigenvalue weighted by Gasteiger charge is 1.97. The first kappa shape index (κ1) is 11.4. The Hall–Kier alpha value is -0.670. The van der Waals surface area contributed by atoms with E-state index in [9.17, 15) is 0 Å². The molecule has 0 aliphatic carbocycles. The molecule has 0 saturated heterocycles. The number of thioether (sulfide) groups is 1. The van der Waals surface area contributed by atoms with Gasteiger partial charge < -0.3 is 10.6 Å². The van der Waals surface area contributed by atoms with E-state index >= 15 is 0 Å². The first-order valence-corrected chi connectivity index (χ1v) is 5.75. The molecule has 0 unspecified atom stereocenters. The molecule has 0 fully saturated rings. The summed E-state index contributed by atoms with van der Waals surface area (Å²) in [6, 6.07) is 8.54. The summed E-state index contributed by atoms with van der Waals surface area (Å²) in [6.45, 7) is 5.21. The van der Waals surface area contributed by atoms with Crippen molar-refractivity contribution in [2.24, 2.45) is 0 Å². The molecule has 1 aromatic rings. The average Bonchev–Trinajstić information content (AvgIpc) is 2.16. The summed E-state index contributed by atoms with van der Waals surface area (Å²) in [7, 11) is 1.93. The Balaban J connectivity index is 2.50. The van der Waals surface area contributed by atoms with Crippen molar-refractivity contribution in [3.8, 4) is 0 Å². The van der Waals surface area contributed by atoms with Gasteiger partial charge in [-0.25, -0.2) is 0 Å². The molecule has 0 spiro atoms. The van der Waals surface area contributed by atoms with Crippen molar-refractivity contribution in [3.63, 3.8) is 0 Å². The Morgan fingerprint density at radius 1 is 1.21 bits per heavy atom. The topological polar surface area (TPSA) is 24.1 Å². The molecule has 1 rings (SSSR count). The van der Waals surface area contributed by atoms with Gasteiger partial charge in [0.1, 0.15) is 0 Å². The van der Waals surface area contributed by atoms with Crippen LogP contribution in [0.3, 0.4) is 0 Å². The van der Waals surface area contributed by atoms with Crippen LogP contribution in [0.1, 0.15) is 13.8 Å². The van der Waals surface area contributed by atoms with E-state index in [0.717, 1.165) is 12.4 Å². The predicted octanol–water partition coefficient (Wildman–Crippen LogP) is 2.78. The van der Waals surface area contributed by atoms with Crippen molar-refractivity contribution < 1.29 is 0 Å². The largest absolute Gasteiger partial charge is 0.372 e. The predicted molar refractivity (Wildman–Crippen MR) is 65.0 cm³/mol. The van der Waals surface area contributed by atoms with Gasteiger partial charge in [0, 0.05) is 15.8 Å². The van der Waals surface area contributed by atoms with Crippen LogP contribution in [0.4, 0.5) is 5.69 Å². The molecule has 78 valence electrons. The van der Waals surface area contributed by atoms with Crippen LogP contribution >= 0.6 is 11.8 Å². The third-order valence-electron chi connectivity index (χ3n) is 1.70. The number of benzene rings is 1. The lowest BCUT2D eigenvalue weighted by atomic mass is 10.3. The molecule has 2 nitrogen and oxygen atoms in total. The molecule has 3 heteroatoms. The third-order valence-corrected chi connectivity index (χ3v) is 2.71. The highest BCUT2D eigenvalue weighted by Crippen LogP contribution is 2.23. The standard InChI is InChI=1S/C11H18N2S/c1-9(2)14-11-6-4-10(5-7-11)13-8-12-3/h4-7,9,12-13H,8H2,1-3H3. The second-order valence-corrected chi connectivity index (χ2v) is 5.05. The zero-order valence-corrected chi connectivity index (χ0v) is 9.82. The molecule has 0 saturated carbocycles. The molecular weight excluding hydrogens is 192 g/mol. The number of rotatable bonds is 5. The Kier molecular flexibility index (Phi) is 4.84. The zero-order valence-electron chi connectivity index (χ0n) is 9.00. The van der Waals surface area contributed by atoms with E-state index in [1.807, 2.05) is 18.8 Å². The van der Waals surface area contributed by atoms with E-state index in [-0.39, 0.29) is 0 Å². The van der Waals surface area contributed by atoms with Gasteiger partial charge >= 0.3 is 0 Å². The van der Waals surface area contributed by atoms with E-state index in [1.165, 1.54) is 4.90 Å². The summed E-state index contributed by atoms with van der Waals surface area (Å²) in [5.41, 5.74) is 1.16. The summed E-state index contributed by atoms with van der Waals surface area (Å²) >= 11 is 1.89. The average molecular weight is 210 g/mol. The second kappa shape index (κ2) is 5.94. The van der Waals surface area contributed by atoms with Crippen LogP contribution in [0.15, 0.2) is 29.2 Å². The molecule has 0 amide bonds. The van der Waals surface area contributed by atoms with Crippen LogP contribution in [-0.4, -0.2) is 19.0 Å². The summed E-state index contributed by atoms with van der Waals surface area (Å²) in [6.07, 6.45) is 0. The van der Waals surface area contributed by atoms with Gasteiger partial charge in [-0.1, -0.05) is 13.8 Å². The Bertz CT molecular complexity index is 256. The minimum Gasteiger partial charge on any atom is -0.372 e. The smallest absolute Gasteiger partial charge is 0.0650 e. The van der Waals surface area contributed by atoms with Gasteiger partial charge in [0.05, 0.1) is 6.67 Å². The van der Waals surface area contributed by atoms with Crippen molar-refractivity contribution in [1.29, 1.82) is 0 Å². The van der Waals surface area contributed by atoms with E-state index in [4.69, 9.17) is 0 Å². The number of hydrogen-bond donors (Lipinski definition) is 2. The van der Waals surface area contributed by atoms with E-state index < -0.39 is 0 Å². The maximum atomic E-state index is 3.25. The molecule has 1 aromatic carbocycles. The third kappa shape index (κ3) is 4.03. The normalized spacial score (nSPS) is 10.6. The van der Waals surface area contributed by atoms with Crippen LogP contribution < -0.4 is 10.6 Å². The minimum atomic E-state index is 0.645. The molecule has 0 radical (unpaired) electrons. The zero-order chi connectivity index (χ0) is 10.4. The van der Waals surface area contributed by atoms with Crippen LogP contribution in [0, 0.1) is 0 Å². The molecule has 14 heavy (non-hydrogen) atoms. The summed E-state index contributed by atoms with van der Waals surface area (Å²) in [5.74, 6) is 0. The highest BCUT2D eigenvalue weighted by atomic mass is 32.2. The van der Waals surface area contributed by atoms with E-state index in [0.29, 0.717) is 5.25 Å². The second-order valence-electron chi connectivity index (χ2n) is 3.40. The van der Waals surface area contributed by atoms with Crippen LogP contribution in [-0.2, 0) is 0 Å². The van der Waals surface area contributed by atoms with Crippen molar-refractivity contribution in [3.05, 3.63) is 24.3 Å². The van der Waals surface area contributed by atoms with Gasteiger partial charge in [0.25, 0.3) is 0 Å². The first-order chi connectivity index (χ1) is 6.72. The fourth-order valence-corrected chi connectivity index (χ4v) is 1.95. The maximum absolute atomic E-state index is 3.25. The highest BCUT2D eigenvalue weighted by molar-refractivity contribution is 7.99. The van der Waals surface area contributed by atoms with Gasteiger partial charge in [-0.15, -0.1) is 11.8 Å². The van der Waals surface area contributed by atoms with Gasteiger partial charge in [-0.05, 0) is 31.3 Å². The molecule has 0 bridgehead atoms. The number of hydrogen-bond acceptors (Lipinski definition) is 3. The van der Waals surface area contributed by atoms with Gasteiger partial charge in [0.15, 0.2) is 0 Å². The molecule has 0 aromatic heterocycles. The van der Waals surface area contributed by atoms with Crippen molar-refractivity contribution in [1.82, 2.24) is 5.32 Å². The van der Waals surface area contributed by atoms with Gasteiger partial charge in [0.2, 0.25) is 0 Å². The van der Waals surface area contributed by atoms with Crippen LogP contribution in [0.5, 0.6) is 0 Å². The Labute approximate surface area is 90.5 Å². The quantitative estimate of drug-likeness (QED) is 0.577. The Morgan fingerprint density at radius 3 is 2.36 bits per heavy atom. The summed E-state index contributed by atoms with van der Waals surface area (Å²) < 4.78 is 0. The summed E-state index contributed by atoms with van der Waals surface area (Å²) in [5, 5.41) is 6.95. The molecular formula is C11H18N2S. The molecule has 0 heterocycles. The van der Waals surface area contributed by atoms with Gasteiger partial charge in [-0.3, -0.25) is 0 Å². The number of anilines is 1. The van der Waals surface area contributed by atoms with E-state index in [2.05, 4.69) is 48.7 Å². The SMILES string of the molecule is CNCNc1ccc(SC(C)C)cc1. The monoisotopic (exact) mass is 210 g/mol. The molecule has 0 aliphatic heterocycles. The van der Waals surface area contributed by atoms with Crippen LogP contribution in [0.25, 0.3) is 0 Å². The fraction of sp³-hybridized carbons (Fsp3) is 0.455. The fourth-order valence-electron chi connectivity index (χ4n) is 1.11. The van der Waals surface area contributed by atoms with Gasteiger partial charge in [-0.2, -0.15) is 0 Å². The minimum absolute atomic E-state index is 0.645. The molecule has 0 atom stereocenters. The lowest BCUT2D eigenvalue weighted by Gasteiger charge is -2.07.